The molecular formula is C19H32N2. The first-order valence-electron chi connectivity index (χ1n) is 8.31. The van der Waals surface area contributed by atoms with Gasteiger partial charge in [0, 0.05) is 24.5 Å². The first-order chi connectivity index (χ1) is 10.0. The third kappa shape index (κ3) is 5.11. The minimum absolute atomic E-state index is 0.624. The SMILES string of the molecule is C=C(C)C(=C)NC1=C(N(CCC)CCC)C=CC(CC)C1. The van der Waals surface area contributed by atoms with Crippen molar-refractivity contribution in [3.63, 3.8) is 0 Å². The molecule has 1 unspecified atom stereocenters. The van der Waals surface area contributed by atoms with Gasteiger partial charge in [0.1, 0.15) is 0 Å². The zero-order chi connectivity index (χ0) is 15.8. The third-order valence-electron chi connectivity index (χ3n) is 3.97. The highest BCUT2D eigenvalue weighted by Gasteiger charge is 2.19. The van der Waals surface area contributed by atoms with Gasteiger partial charge in [0.25, 0.3) is 0 Å². The van der Waals surface area contributed by atoms with E-state index in [9.17, 15) is 0 Å². The van der Waals surface area contributed by atoms with E-state index in [1.165, 1.54) is 30.7 Å². The average Bonchev–Trinajstić information content (AvgIpc) is 2.46. The molecule has 0 amide bonds. The summed E-state index contributed by atoms with van der Waals surface area (Å²) in [5, 5.41) is 3.52. The molecule has 21 heavy (non-hydrogen) atoms. The number of allylic oxidation sites excluding steroid dienone is 4. The second kappa shape index (κ2) is 8.76. The lowest BCUT2D eigenvalue weighted by Gasteiger charge is -2.32. The molecule has 0 saturated heterocycles. The zero-order valence-electron chi connectivity index (χ0n) is 14.3. The number of rotatable bonds is 9. The van der Waals surface area contributed by atoms with Crippen LogP contribution in [-0.4, -0.2) is 18.0 Å². The Morgan fingerprint density at radius 1 is 1.24 bits per heavy atom. The highest BCUT2D eigenvalue weighted by atomic mass is 15.1. The lowest BCUT2D eigenvalue weighted by molar-refractivity contribution is 0.343. The summed E-state index contributed by atoms with van der Waals surface area (Å²) in [4.78, 5) is 2.50. The topological polar surface area (TPSA) is 15.3 Å². The van der Waals surface area contributed by atoms with Crippen LogP contribution in [0.4, 0.5) is 0 Å². The molecule has 118 valence electrons. The lowest BCUT2D eigenvalue weighted by atomic mass is 9.93. The summed E-state index contributed by atoms with van der Waals surface area (Å²) >= 11 is 0. The molecular weight excluding hydrogens is 256 g/mol. The summed E-state index contributed by atoms with van der Waals surface area (Å²) in [7, 11) is 0. The lowest BCUT2D eigenvalue weighted by Crippen LogP contribution is -2.30. The van der Waals surface area contributed by atoms with Gasteiger partial charge >= 0.3 is 0 Å². The van der Waals surface area contributed by atoms with Crippen molar-refractivity contribution < 1.29 is 0 Å². The molecule has 0 aliphatic heterocycles. The molecule has 2 heteroatoms. The largest absolute Gasteiger partial charge is 0.370 e. The van der Waals surface area contributed by atoms with E-state index in [2.05, 4.69) is 56.3 Å². The van der Waals surface area contributed by atoms with Crippen LogP contribution in [0.25, 0.3) is 0 Å². The average molecular weight is 288 g/mol. The zero-order valence-corrected chi connectivity index (χ0v) is 14.3. The fourth-order valence-electron chi connectivity index (χ4n) is 2.64. The maximum Gasteiger partial charge on any atom is 0.0559 e. The van der Waals surface area contributed by atoms with Crippen molar-refractivity contribution in [1.29, 1.82) is 0 Å². The molecule has 0 bridgehead atoms. The Balaban J connectivity index is 3.03. The van der Waals surface area contributed by atoms with Crippen LogP contribution in [-0.2, 0) is 0 Å². The van der Waals surface area contributed by atoms with Crippen LogP contribution < -0.4 is 5.32 Å². The molecule has 0 radical (unpaired) electrons. The quantitative estimate of drug-likeness (QED) is 0.602. The van der Waals surface area contributed by atoms with Crippen LogP contribution in [0.3, 0.4) is 0 Å². The van der Waals surface area contributed by atoms with Crippen molar-refractivity contribution in [3.8, 4) is 0 Å². The Labute approximate surface area is 131 Å². The highest BCUT2D eigenvalue weighted by Crippen LogP contribution is 2.27. The minimum atomic E-state index is 0.624. The monoisotopic (exact) mass is 288 g/mol. The second-order valence-corrected chi connectivity index (χ2v) is 5.97. The molecule has 0 aromatic rings. The molecule has 2 nitrogen and oxygen atoms in total. The molecule has 0 spiro atoms. The van der Waals surface area contributed by atoms with Crippen molar-refractivity contribution in [1.82, 2.24) is 10.2 Å². The van der Waals surface area contributed by atoms with Crippen LogP contribution >= 0.6 is 0 Å². The summed E-state index contributed by atoms with van der Waals surface area (Å²) < 4.78 is 0. The predicted molar refractivity (Wildman–Crippen MR) is 93.8 cm³/mol. The standard InChI is InChI=1S/C19H32N2/c1-7-12-21(13-8-2)19-11-10-17(9-3)14-18(19)20-16(6)15(4)5/h10-11,17,20H,4,6-9,12-14H2,1-3,5H3. The number of hydrogen-bond donors (Lipinski definition) is 1. The Bertz CT molecular complexity index is 423. The fourth-order valence-corrected chi connectivity index (χ4v) is 2.64. The summed E-state index contributed by atoms with van der Waals surface area (Å²) in [6.45, 7) is 19.0. The number of nitrogens with zero attached hydrogens (tertiary/aromatic N) is 1. The molecule has 0 fully saturated rings. The van der Waals surface area contributed by atoms with Gasteiger partial charge in [-0.15, -0.1) is 0 Å². The Morgan fingerprint density at radius 2 is 1.86 bits per heavy atom. The van der Waals surface area contributed by atoms with Crippen LogP contribution in [0.5, 0.6) is 0 Å². The van der Waals surface area contributed by atoms with E-state index >= 15 is 0 Å². The molecule has 1 N–H and O–H groups in total. The maximum atomic E-state index is 4.10. The van der Waals surface area contributed by atoms with Gasteiger partial charge in [-0.1, -0.05) is 40.0 Å². The van der Waals surface area contributed by atoms with Gasteiger partial charge in [-0.2, -0.15) is 0 Å². The smallest absolute Gasteiger partial charge is 0.0559 e. The first kappa shape index (κ1) is 17.6. The Kier molecular flexibility index (Phi) is 7.35. The van der Waals surface area contributed by atoms with Crippen molar-refractivity contribution in [2.45, 2.75) is 53.4 Å². The van der Waals surface area contributed by atoms with Crippen LogP contribution in [0.15, 0.2) is 48.0 Å². The molecule has 1 aliphatic carbocycles. The van der Waals surface area contributed by atoms with Crippen LogP contribution in [0.2, 0.25) is 0 Å². The summed E-state index contributed by atoms with van der Waals surface area (Å²) in [6, 6.07) is 0. The summed E-state index contributed by atoms with van der Waals surface area (Å²) in [5.41, 5.74) is 4.58. The normalized spacial score (nSPS) is 17.8. The molecule has 1 rings (SSSR count). The van der Waals surface area contributed by atoms with Crippen molar-refractivity contribution in [2.75, 3.05) is 13.1 Å². The summed E-state index contributed by atoms with van der Waals surface area (Å²) in [6.07, 6.45) is 9.25. The van der Waals surface area contributed by atoms with Gasteiger partial charge in [0.05, 0.1) is 5.70 Å². The van der Waals surface area contributed by atoms with Crippen molar-refractivity contribution in [2.24, 2.45) is 5.92 Å². The van der Waals surface area contributed by atoms with E-state index in [0.717, 1.165) is 30.8 Å². The van der Waals surface area contributed by atoms with Gasteiger partial charge in [0.15, 0.2) is 0 Å². The Morgan fingerprint density at radius 3 is 2.33 bits per heavy atom. The number of nitrogens with one attached hydrogen (secondary N) is 1. The van der Waals surface area contributed by atoms with Gasteiger partial charge < -0.3 is 10.2 Å². The van der Waals surface area contributed by atoms with Crippen molar-refractivity contribution in [3.05, 3.63) is 48.0 Å². The highest BCUT2D eigenvalue weighted by molar-refractivity contribution is 5.34. The van der Waals surface area contributed by atoms with E-state index in [4.69, 9.17) is 0 Å². The maximum absolute atomic E-state index is 4.10. The van der Waals surface area contributed by atoms with E-state index < -0.39 is 0 Å². The van der Waals surface area contributed by atoms with E-state index in [1.54, 1.807) is 0 Å². The molecule has 0 saturated carbocycles. The van der Waals surface area contributed by atoms with Gasteiger partial charge in [0.2, 0.25) is 0 Å². The van der Waals surface area contributed by atoms with Crippen LogP contribution in [0.1, 0.15) is 53.4 Å². The fraction of sp³-hybridized carbons (Fsp3) is 0.579. The van der Waals surface area contributed by atoms with Crippen molar-refractivity contribution >= 4 is 0 Å². The van der Waals surface area contributed by atoms with E-state index in [-0.39, 0.29) is 0 Å². The Hall–Kier alpha value is -1.44. The molecule has 1 aliphatic rings. The molecule has 1 atom stereocenters. The predicted octanol–water partition coefficient (Wildman–Crippen LogP) is 4.99. The molecule has 0 aromatic heterocycles. The van der Waals surface area contributed by atoms with Crippen LogP contribution in [0, 0.1) is 5.92 Å². The van der Waals surface area contributed by atoms with Gasteiger partial charge in [-0.25, -0.2) is 0 Å². The summed E-state index contributed by atoms with van der Waals surface area (Å²) in [5.74, 6) is 0.624. The molecule has 0 heterocycles. The molecule has 0 aromatic carbocycles. The minimum Gasteiger partial charge on any atom is -0.370 e. The second-order valence-electron chi connectivity index (χ2n) is 5.97. The van der Waals surface area contributed by atoms with Gasteiger partial charge in [-0.3, -0.25) is 0 Å². The van der Waals surface area contributed by atoms with E-state index in [0.29, 0.717) is 5.92 Å². The van der Waals surface area contributed by atoms with E-state index in [1.807, 2.05) is 6.92 Å². The number of hydrogen-bond acceptors (Lipinski definition) is 2. The third-order valence-corrected chi connectivity index (χ3v) is 3.97. The first-order valence-corrected chi connectivity index (χ1v) is 8.31. The van der Waals surface area contributed by atoms with Gasteiger partial charge in [-0.05, 0) is 50.2 Å².